The Morgan fingerprint density at radius 3 is 3.19 bits per heavy atom. The van der Waals surface area contributed by atoms with Crippen LogP contribution in [0.15, 0.2) is 11.0 Å². The first-order valence-corrected chi connectivity index (χ1v) is 6.91. The van der Waals surface area contributed by atoms with Gasteiger partial charge in [-0.15, -0.1) is 0 Å². The van der Waals surface area contributed by atoms with Crippen molar-refractivity contribution in [1.29, 1.82) is 0 Å². The first-order valence-electron chi connectivity index (χ1n) is 5.25. The molecule has 2 unspecified atom stereocenters. The summed E-state index contributed by atoms with van der Waals surface area (Å²) in [5.41, 5.74) is 0.293. The fourth-order valence-corrected chi connectivity index (χ4v) is 3.14. The van der Waals surface area contributed by atoms with Crippen LogP contribution in [0.1, 0.15) is 19.3 Å². The number of halogens is 1. The van der Waals surface area contributed by atoms with Crippen LogP contribution in [0.4, 0.5) is 5.69 Å². The Morgan fingerprint density at radius 2 is 2.44 bits per heavy atom. The third kappa shape index (κ3) is 2.35. The smallest absolute Gasteiger partial charge is 0.285 e. The molecule has 0 spiro atoms. The second-order valence-electron chi connectivity index (χ2n) is 3.88. The number of nitrogens with one attached hydrogen (secondary N) is 2. The van der Waals surface area contributed by atoms with Gasteiger partial charge in [-0.2, -0.15) is 16.9 Å². The normalized spacial score (nSPS) is 24.6. The predicted octanol–water partition coefficient (Wildman–Crippen LogP) is 2.12. The average Bonchev–Trinajstić information content (AvgIpc) is 2.72. The van der Waals surface area contributed by atoms with Gasteiger partial charge in [0.2, 0.25) is 0 Å². The fourth-order valence-electron chi connectivity index (χ4n) is 2.06. The van der Waals surface area contributed by atoms with Gasteiger partial charge in [-0.1, -0.05) is 18.0 Å². The number of nitrogens with zero attached hydrogens (tertiary/aromatic N) is 1. The topological polar surface area (TPSA) is 57.8 Å². The zero-order valence-electron chi connectivity index (χ0n) is 9.00. The fraction of sp³-hybridized carbons (Fsp3) is 0.600. The molecule has 1 aliphatic carbocycles. The molecule has 0 radical (unpaired) electrons. The lowest BCUT2D eigenvalue weighted by molar-refractivity contribution is 0.766. The van der Waals surface area contributed by atoms with Gasteiger partial charge in [-0.05, 0) is 19.1 Å². The predicted molar refractivity (Wildman–Crippen MR) is 68.4 cm³/mol. The van der Waals surface area contributed by atoms with Crippen LogP contribution < -0.4 is 10.9 Å². The Balaban J connectivity index is 2.14. The summed E-state index contributed by atoms with van der Waals surface area (Å²) in [5, 5.41) is 10.2. The van der Waals surface area contributed by atoms with E-state index < -0.39 is 0 Å². The Hall–Kier alpha value is -0.680. The summed E-state index contributed by atoms with van der Waals surface area (Å²) >= 11 is 7.77. The van der Waals surface area contributed by atoms with E-state index in [-0.39, 0.29) is 10.6 Å². The molecule has 2 N–H and O–H groups in total. The highest BCUT2D eigenvalue weighted by Gasteiger charge is 2.26. The van der Waals surface area contributed by atoms with Crippen LogP contribution in [-0.2, 0) is 0 Å². The number of aromatic amines is 1. The number of hydrogen-bond donors (Lipinski definition) is 2. The van der Waals surface area contributed by atoms with Crippen molar-refractivity contribution in [2.24, 2.45) is 0 Å². The molecule has 1 fully saturated rings. The Kier molecular flexibility index (Phi) is 3.76. The van der Waals surface area contributed by atoms with Crippen molar-refractivity contribution in [2.75, 3.05) is 11.6 Å². The summed E-state index contributed by atoms with van der Waals surface area (Å²) < 4.78 is 0. The molecule has 16 heavy (non-hydrogen) atoms. The number of rotatable bonds is 3. The van der Waals surface area contributed by atoms with Crippen molar-refractivity contribution in [3.8, 4) is 0 Å². The molecule has 1 heterocycles. The average molecular weight is 260 g/mol. The minimum absolute atomic E-state index is 0.196. The summed E-state index contributed by atoms with van der Waals surface area (Å²) in [7, 11) is 0. The molecule has 6 heteroatoms. The standard InChI is InChI=1S/C10H14ClN3OS/c1-16-8-4-2-3-6(8)13-7-5-12-14-10(15)9(7)11/h5-6,8H,2-4H2,1H3,(H2,13,14,15). The molecule has 1 aromatic rings. The van der Waals surface area contributed by atoms with Gasteiger partial charge >= 0.3 is 0 Å². The maximum absolute atomic E-state index is 11.3. The quantitative estimate of drug-likeness (QED) is 0.873. The van der Waals surface area contributed by atoms with Crippen molar-refractivity contribution in [2.45, 2.75) is 30.6 Å². The largest absolute Gasteiger partial charge is 0.379 e. The van der Waals surface area contributed by atoms with Crippen molar-refractivity contribution in [3.63, 3.8) is 0 Å². The third-order valence-electron chi connectivity index (χ3n) is 2.89. The molecular weight excluding hydrogens is 246 g/mol. The molecule has 2 atom stereocenters. The first kappa shape index (κ1) is 11.8. The molecule has 0 aliphatic heterocycles. The molecule has 0 saturated heterocycles. The van der Waals surface area contributed by atoms with Crippen LogP contribution in [0, 0.1) is 0 Å². The third-order valence-corrected chi connectivity index (χ3v) is 4.44. The number of hydrogen-bond acceptors (Lipinski definition) is 4. The van der Waals surface area contributed by atoms with Gasteiger partial charge in [0.15, 0.2) is 0 Å². The van der Waals surface area contributed by atoms with Gasteiger partial charge in [0, 0.05) is 11.3 Å². The Labute approximate surface area is 103 Å². The van der Waals surface area contributed by atoms with Gasteiger partial charge in [0.05, 0.1) is 11.9 Å². The minimum atomic E-state index is -0.342. The number of anilines is 1. The van der Waals surface area contributed by atoms with E-state index in [1.165, 1.54) is 12.8 Å². The highest BCUT2D eigenvalue weighted by atomic mass is 35.5. The second kappa shape index (κ2) is 5.10. The lowest BCUT2D eigenvalue weighted by Crippen LogP contribution is -2.27. The monoisotopic (exact) mass is 259 g/mol. The molecule has 1 aromatic heterocycles. The zero-order chi connectivity index (χ0) is 11.5. The molecule has 1 aliphatic rings. The van der Waals surface area contributed by atoms with Crippen molar-refractivity contribution in [3.05, 3.63) is 21.6 Å². The lowest BCUT2D eigenvalue weighted by Gasteiger charge is -2.20. The van der Waals surface area contributed by atoms with Crippen LogP contribution in [0.5, 0.6) is 0 Å². The Morgan fingerprint density at radius 1 is 1.62 bits per heavy atom. The van der Waals surface area contributed by atoms with Crippen molar-refractivity contribution < 1.29 is 0 Å². The molecule has 0 bridgehead atoms. The number of H-pyrrole nitrogens is 1. The minimum Gasteiger partial charge on any atom is -0.379 e. The van der Waals surface area contributed by atoms with Crippen LogP contribution in [0.2, 0.25) is 5.02 Å². The number of thioether (sulfide) groups is 1. The van der Waals surface area contributed by atoms with Gasteiger partial charge in [-0.3, -0.25) is 4.79 Å². The van der Waals surface area contributed by atoms with Gasteiger partial charge in [-0.25, -0.2) is 5.10 Å². The van der Waals surface area contributed by atoms with E-state index >= 15 is 0 Å². The van der Waals surface area contributed by atoms with Gasteiger partial charge in [0.25, 0.3) is 5.56 Å². The molecule has 1 saturated carbocycles. The summed E-state index contributed by atoms with van der Waals surface area (Å²) in [4.78, 5) is 11.3. The van der Waals surface area contributed by atoms with E-state index in [1.807, 2.05) is 11.8 Å². The maximum Gasteiger partial charge on any atom is 0.285 e. The first-order chi connectivity index (χ1) is 7.72. The number of aromatic nitrogens is 2. The molecular formula is C10H14ClN3OS. The lowest BCUT2D eigenvalue weighted by atomic mass is 10.2. The maximum atomic E-state index is 11.3. The van der Waals surface area contributed by atoms with Crippen LogP contribution >= 0.6 is 23.4 Å². The summed E-state index contributed by atoms with van der Waals surface area (Å²) in [6.07, 6.45) is 7.24. The molecule has 88 valence electrons. The Bertz CT molecular complexity index is 423. The molecule has 2 rings (SSSR count). The zero-order valence-corrected chi connectivity index (χ0v) is 10.6. The SMILES string of the molecule is CSC1CCCC1Nc1cn[nH]c(=O)c1Cl. The highest BCUT2D eigenvalue weighted by Crippen LogP contribution is 2.31. The van der Waals surface area contributed by atoms with Crippen LogP contribution in [-0.4, -0.2) is 27.7 Å². The van der Waals surface area contributed by atoms with Crippen LogP contribution in [0.25, 0.3) is 0 Å². The van der Waals surface area contributed by atoms with Crippen molar-refractivity contribution >= 4 is 29.1 Å². The molecule has 4 nitrogen and oxygen atoms in total. The summed E-state index contributed by atoms with van der Waals surface area (Å²) in [5.74, 6) is 0. The summed E-state index contributed by atoms with van der Waals surface area (Å²) in [6.45, 7) is 0. The highest BCUT2D eigenvalue weighted by molar-refractivity contribution is 7.99. The summed E-state index contributed by atoms with van der Waals surface area (Å²) in [6, 6.07) is 0.385. The molecule has 0 amide bonds. The molecule has 0 aromatic carbocycles. The van der Waals surface area contributed by atoms with Gasteiger partial charge < -0.3 is 5.32 Å². The van der Waals surface area contributed by atoms with E-state index in [4.69, 9.17) is 11.6 Å². The van der Waals surface area contributed by atoms with Crippen molar-refractivity contribution in [1.82, 2.24) is 10.2 Å². The van der Waals surface area contributed by atoms with E-state index in [2.05, 4.69) is 21.8 Å². The van der Waals surface area contributed by atoms with E-state index in [0.717, 1.165) is 6.42 Å². The van der Waals surface area contributed by atoms with E-state index in [9.17, 15) is 4.79 Å². The second-order valence-corrected chi connectivity index (χ2v) is 5.34. The van der Waals surface area contributed by atoms with Gasteiger partial charge in [0.1, 0.15) is 5.02 Å². The van der Waals surface area contributed by atoms with Crippen LogP contribution in [0.3, 0.4) is 0 Å². The van der Waals surface area contributed by atoms with E-state index in [0.29, 0.717) is 17.0 Å². The van der Waals surface area contributed by atoms with E-state index in [1.54, 1.807) is 6.20 Å².